The van der Waals surface area contributed by atoms with Crippen LogP contribution in [0.1, 0.15) is 48.9 Å². The number of amides is 2. The molecule has 4 rings (SSSR count). The molecule has 1 N–H and O–H groups in total. The lowest BCUT2D eigenvalue weighted by Crippen LogP contribution is -2.52. The summed E-state index contributed by atoms with van der Waals surface area (Å²) in [5.74, 6) is -0.0934. The van der Waals surface area contributed by atoms with E-state index in [1.807, 2.05) is 0 Å². The van der Waals surface area contributed by atoms with Gasteiger partial charge in [0.05, 0.1) is 17.9 Å². The van der Waals surface area contributed by atoms with Gasteiger partial charge in [0.1, 0.15) is 25.0 Å². The first-order chi connectivity index (χ1) is 12.6. The standard InChI is InChI=1S/C19H24N2O5/c22-15-11-26-16-5-7-21(17(15)16)19(24)14(9-12-3-1-2-4-12)20-18(23)13-6-8-25-10-13/h6,8,10,12,14,16-17H,1-5,7,9,11H2,(H,20,23)/t14-,16+,17+/m0/s1. The number of carbonyl (C=O) groups is 3. The highest BCUT2D eigenvalue weighted by atomic mass is 16.5. The van der Waals surface area contributed by atoms with Gasteiger partial charge in [0.2, 0.25) is 5.91 Å². The van der Waals surface area contributed by atoms with E-state index in [0.29, 0.717) is 30.9 Å². The summed E-state index contributed by atoms with van der Waals surface area (Å²) in [4.78, 5) is 39.4. The number of furan rings is 1. The van der Waals surface area contributed by atoms with Gasteiger partial charge in [-0.05, 0) is 24.8 Å². The summed E-state index contributed by atoms with van der Waals surface area (Å²) >= 11 is 0. The zero-order valence-corrected chi connectivity index (χ0v) is 14.7. The van der Waals surface area contributed by atoms with Crippen LogP contribution in [0.5, 0.6) is 0 Å². The van der Waals surface area contributed by atoms with E-state index in [2.05, 4.69) is 5.32 Å². The summed E-state index contributed by atoms with van der Waals surface area (Å²) in [6, 6.07) is 0.471. The third-order valence-corrected chi connectivity index (χ3v) is 5.83. The molecule has 2 saturated heterocycles. The van der Waals surface area contributed by atoms with Crippen LogP contribution in [-0.2, 0) is 14.3 Å². The molecular weight excluding hydrogens is 336 g/mol. The molecule has 1 saturated carbocycles. The first-order valence-electron chi connectivity index (χ1n) is 9.41. The van der Waals surface area contributed by atoms with Crippen LogP contribution in [0.2, 0.25) is 0 Å². The highest BCUT2D eigenvalue weighted by Crippen LogP contribution is 2.31. The molecule has 140 valence electrons. The van der Waals surface area contributed by atoms with Crippen LogP contribution in [0.4, 0.5) is 0 Å². The van der Waals surface area contributed by atoms with Crippen molar-refractivity contribution in [1.82, 2.24) is 10.2 Å². The second kappa shape index (κ2) is 7.23. The molecule has 3 fully saturated rings. The van der Waals surface area contributed by atoms with E-state index in [-0.39, 0.29) is 30.3 Å². The maximum atomic E-state index is 13.2. The lowest BCUT2D eigenvalue weighted by atomic mass is 9.96. The summed E-state index contributed by atoms with van der Waals surface area (Å²) in [5.41, 5.74) is 0.397. The number of carbonyl (C=O) groups excluding carboxylic acids is 3. The van der Waals surface area contributed by atoms with Crippen LogP contribution in [0, 0.1) is 5.92 Å². The molecule has 7 nitrogen and oxygen atoms in total. The van der Waals surface area contributed by atoms with Crippen molar-refractivity contribution in [2.24, 2.45) is 5.92 Å². The fourth-order valence-corrected chi connectivity index (χ4v) is 4.48. The summed E-state index contributed by atoms with van der Waals surface area (Å²) in [6.07, 6.45) is 8.40. The van der Waals surface area contributed by atoms with Crippen LogP contribution in [0.15, 0.2) is 23.0 Å². The van der Waals surface area contributed by atoms with Crippen molar-refractivity contribution in [3.63, 3.8) is 0 Å². The van der Waals surface area contributed by atoms with Gasteiger partial charge < -0.3 is 19.4 Å². The second-order valence-corrected chi connectivity index (χ2v) is 7.51. The second-order valence-electron chi connectivity index (χ2n) is 7.51. The molecule has 26 heavy (non-hydrogen) atoms. The first-order valence-corrected chi connectivity index (χ1v) is 9.41. The number of nitrogens with one attached hydrogen (secondary N) is 1. The smallest absolute Gasteiger partial charge is 0.255 e. The maximum absolute atomic E-state index is 13.2. The Morgan fingerprint density at radius 2 is 2.08 bits per heavy atom. The molecule has 0 aromatic carbocycles. The molecule has 1 aliphatic carbocycles. The Kier molecular flexibility index (Phi) is 4.80. The number of hydrogen-bond acceptors (Lipinski definition) is 5. The van der Waals surface area contributed by atoms with Gasteiger partial charge in [0.25, 0.3) is 5.91 Å². The molecule has 2 amide bonds. The molecule has 1 aromatic heterocycles. The minimum absolute atomic E-state index is 0.0402. The van der Waals surface area contributed by atoms with Gasteiger partial charge in [-0.2, -0.15) is 0 Å². The van der Waals surface area contributed by atoms with Crippen molar-refractivity contribution in [3.8, 4) is 0 Å². The number of ketones is 1. The number of likely N-dealkylation sites (tertiary alicyclic amines) is 1. The summed E-state index contributed by atoms with van der Waals surface area (Å²) in [6.45, 7) is 0.580. The Morgan fingerprint density at radius 3 is 2.81 bits per heavy atom. The van der Waals surface area contributed by atoms with Gasteiger partial charge in [-0.25, -0.2) is 0 Å². The molecule has 0 unspecified atom stereocenters. The molecule has 3 aliphatic rings. The Hall–Kier alpha value is -2.15. The average Bonchev–Trinajstić information content (AvgIpc) is 3.41. The number of nitrogens with zero attached hydrogens (tertiary/aromatic N) is 1. The monoisotopic (exact) mass is 360 g/mol. The minimum atomic E-state index is -0.618. The van der Waals surface area contributed by atoms with Gasteiger partial charge in [0, 0.05) is 6.54 Å². The van der Waals surface area contributed by atoms with E-state index < -0.39 is 12.1 Å². The van der Waals surface area contributed by atoms with Crippen molar-refractivity contribution in [2.45, 2.75) is 56.7 Å². The van der Waals surface area contributed by atoms with E-state index >= 15 is 0 Å². The predicted octanol–water partition coefficient (Wildman–Crippen LogP) is 1.53. The van der Waals surface area contributed by atoms with Gasteiger partial charge in [0.15, 0.2) is 5.78 Å². The minimum Gasteiger partial charge on any atom is -0.472 e. The van der Waals surface area contributed by atoms with Crippen molar-refractivity contribution in [1.29, 1.82) is 0 Å². The number of hydrogen-bond donors (Lipinski definition) is 1. The largest absolute Gasteiger partial charge is 0.472 e. The van der Waals surface area contributed by atoms with Crippen molar-refractivity contribution < 1.29 is 23.5 Å². The SMILES string of the molecule is O=C(N[C@@H](CC1CCCC1)C(=O)N1CC[C@H]2OCC(=O)[C@H]21)c1ccoc1. The molecular formula is C19H24N2O5. The van der Waals surface area contributed by atoms with Crippen LogP contribution in [0.25, 0.3) is 0 Å². The zero-order valence-electron chi connectivity index (χ0n) is 14.7. The van der Waals surface area contributed by atoms with E-state index in [9.17, 15) is 14.4 Å². The van der Waals surface area contributed by atoms with Crippen LogP contribution in [-0.4, -0.2) is 53.8 Å². The lowest BCUT2D eigenvalue weighted by molar-refractivity contribution is -0.138. The number of ether oxygens (including phenoxy) is 1. The molecule has 3 atom stereocenters. The number of rotatable bonds is 5. The van der Waals surface area contributed by atoms with Crippen LogP contribution in [0.3, 0.4) is 0 Å². The van der Waals surface area contributed by atoms with Crippen LogP contribution >= 0.6 is 0 Å². The molecule has 0 bridgehead atoms. The van der Waals surface area contributed by atoms with E-state index in [4.69, 9.17) is 9.15 Å². The Bertz CT molecular complexity index is 680. The van der Waals surface area contributed by atoms with Gasteiger partial charge in [-0.15, -0.1) is 0 Å². The molecule has 0 spiro atoms. The Balaban J connectivity index is 1.50. The summed E-state index contributed by atoms with van der Waals surface area (Å²) in [7, 11) is 0. The summed E-state index contributed by atoms with van der Waals surface area (Å²) < 4.78 is 10.4. The first kappa shape index (κ1) is 17.3. The summed E-state index contributed by atoms with van der Waals surface area (Å²) in [5, 5.41) is 2.88. The van der Waals surface area contributed by atoms with E-state index in [1.54, 1.807) is 11.0 Å². The van der Waals surface area contributed by atoms with E-state index in [0.717, 1.165) is 12.8 Å². The quantitative estimate of drug-likeness (QED) is 0.860. The maximum Gasteiger partial charge on any atom is 0.255 e. The average molecular weight is 360 g/mol. The van der Waals surface area contributed by atoms with Gasteiger partial charge >= 0.3 is 0 Å². The van der Waals surface area contributed by atoms with E-state index in [1.165, 1.54) is 25.4 Å². The Morgan fingerprint density at radius 1 is 1.27 bits per heavy atom. The highest BCUT2D eigenvalue weighted by molar-refractivity contribution is 5.99. The fraction of sp³-hybridized carbons (Fsp3) is 0.632. The molecule has 7 heteroatoms. The van der Waals surface area contributed by atoms with Crippen molar-refractivity contribution >= 4 is 17.6 Å². The van der Waals surface area contributed by atoms with Gasteiger partial charge in [-0.1, -0.05) is 25.7 Å². The lowest BCUT2D eigenvalue weighted by Gasteiger charge is -2.28. The number of Topliss-reactive ketones (excluding diaryl/α,β-unsaturated/α-hetero) is 1. The predicted molar refractivity (Wildman–Crippen MR) is 91.4 cm³/mol. The molecule has 0 radical (unpaired) electrons. The van der Waals surface area contributed by atoms with Crippen molar-refractivity contribution in [2.75, 3.05) is 13.2 Å². The molecule has 1 aromatic rings. The van der Waals surface area contributed by atoms with Crippen LogP contribution < -0.4 is 5.32 Å². The third kappa shape index (κ3) is 3.28. The normalized spacial score (nSPS) is 26.9. The molecule has 2 aliphatic heterocycles. The number of fused-ring (bicyclic) bond motifs is 1. The van der Waals surface area contributed by atoms with Crippen molar-refractivity contribution in [3.05, 3.63) is 24.2 Å². The fourth-order valence-electron chi connectivity index (χ4n) is 4.48. The highest BCUT2D eigenvalue weighted by Gasteiger charge is 2.48. The Labute approximate surface area is 152 Å². The topological polar surface area (TPSA) is 88.9 Å². The zero-order chi connectivity index (χ0) is 18.1. The van der Waals surface area contributed by atoms with Gasteiger partial charge in [-0.3, -0.25) is 14.4 Å². The third-order valence-electron chi connectivity index (χ3n) is 5.83. The molecule has 3 heterocycles.